The van der Waals surface area contributed by atoms with Crippen LogP contribution in [0.2, 0.25) is 0 Å². The van der Waals surface area contributed by atoms with Crippen molar-refractivity contribution < 1.29 is 9.47 Å². The van der Waals surface area contributed by atoms with E-state index in [1.54, 1.807) is 0 Å². The fourth-order valence-corrected chi connectivity index (χ4v) is 1.71. The Bertz CT molecular complexity index is 557. The number of nitrogens with one attached hydrogen (secondary N) is 1. The molecule has 1 aliphatic heterocycles. The maximum atomic E-state index is 5.34. The minimum absolute atomic E-state index is 0.282. The number of anilines is 1. The Kier molecular flexibility index (Phi) is 2.29. The first kappa shape index (κ1) is 9.89. The van der Waals surface area contributed by atoms with Gasteiger partial charge in [-0.25, -0.2) is 9.97 Å². The number of aromatic nitrogens is 2. The standard InChI is InChI=1S/C12H11N3O2/c1-13-12-5-9(14-6-15-12)8-2-3-10-11(4-8)17-7-16-10/h2-6H,7H2,1H3,(H,13,14,15). The molecule has 1 aromatic carbocycles. The van der Waals surface area contributed by atoms with E-state index >= 15 is 0 Å². The Morgan fingerprint density at radius 2 is 2.00 bits per heavy atom. The Morgan fingerprint density at radius 3 is 2.88 bits per heavy atom. The highest BCUT2D eigenvalue weighted by molar-refractivity contribution is 5.66. The fourth-order valence-electron chi connectivity index (χ4n) is 1.71. The van der Waals surface area contributed by atoms with Crippen LogP contribution >= 0.6 is 0 Å². The van der Waals surface area contributed by atoms with Crippen LogP contribution in [0.25, 0.3) is 11.3 Å². The summed E-state index contributed by atoms with van der Waals surface area (Å²) in [5.74, 6) is 2.32. The van der Waals surface area contributed by atoms with Crippen LogP contribution < -0.4 is 14.8 Å². The molecular weight excluding hydrogens is 218 g/mol. The van der Waals surface area contributed by atoms with Crippen LogP contribution in [0.15, 0.2) is 30.6 Å². The van der Waals surface area contributed by atoms with E-state index in [2.05, 4.69) is 15.3 Å². The molecule has 5 nitrogen and oxygen atoms in total. The zero-order valence-electron chi connectivity index (χ0n) is 9.30. The molecule has 1 N–H and O–H groups in total. The van der Waals surface area contributed by atoms with Gasteiger partial charge in [0, 0.05) is 18.7 Å². The minimum Gasteiger partial charge on any atom is -0.454 e. The summed E-state index contributed by atoms with van der Waals surface area (Å²) in [6, 6.07) is 7.65. The molecule has 0 amide bonds. The van der Waals surface area contributed by atoms with Crippen molar-refractivity contribution in [1.82, 2.24) is 9.97 Å². The molecule has 17 heavy (non-hydrogen) atoms. The molecule has 2 heterocycles. The summed E-state index contributed by atoms with van der Waals surface area (Å²) in [4.78, 5) is 8.31. The number of nitrogens with zero attached hydrogens (tertiary/aromatic N) is 2. The van der Waals surface area contributed by atoms with Crippen LogP contribution in [0.5, 0.6) is 11.5 Å². The first-order chi connectivity index (χ1) is 8.36. The second kappa shape index (κ2) is 3.93. The van der Waals surface area contributed by atoms with Crippen molar-refractivity contribution >= 4 is 5.82 Å². The summed E-state index contributed by atoms with van der Waals surface area (Å²) in [5.41, 5.74) is 1.83. The third-order valence-electron chi connectivity index (χ3n) is 2.59. The van der Waals surface area contributed by atoms with E-state index in [1.165, 1.54) is 6.33 Å². The zero-order valence-corrected chi connectivity index (χ0v) is 9.30. The first-order valence-electron chi connectivity index (χ1n) is 5.26. The van der Waals surface area contributed by atoms with Crippen LogP contribution in [-0.2, 0) is 0 Å². The highest BCUT2D eigenvalue weighted by Crippen LogP contribution is 2.35. The van der Waals surface area contributed by atoms with Crippen LogP contribution in [0.4, 0.5) is 5.82 Å². The van der Waals surface area contributed by atoms with Gasteiger partial charge < -0.3 is 14.8 Å². The summed E-state index contributed by atoms with van der Waals surface area (Å²) in [7, 11) is 1.83. The summed E-state index contributed by atoms with van der Waals surface area (Å²) in [6.45, 7) is 0.282. The maximum absolute atomic E-state index is 5.34. The van der Waals surface area contributed by atoms with Crippen molar-refractivity contribution in [2.45, 2.75) is 0 Å². The number of hydrogen-bond acceptors (Lipinski definition) is 5. The molecule has 0 bridgehead atoms. The summed E-state index contributed by atoms with van der Waals surface area (Å²) in [5, 5.41) is 2.98. The molecular formula is C12H11N3O2. The molecule has 0 saturated heterocycles. The lowest BCUT2D eigenvalue weighted by atomic mass is 10.1. The highest BCUT2D eigenvalue weighted by atomic mass is 16.7. The molecule has 86 valence electrons. The average Bonchev–Trinajstić information content (AvgIpc) is 2.86. The summed E-state index contributed by atoms with van der Waals surface area (Å²) >= 11 is 0. The van der Waals surface area contributed by atoms with Crippen LogP contribution in [0.3, 0.4) is 0 Å². The van der Waals surface area contributed by atoms with Crippen molar-refractivity contribution in [3.63, 3.8) is 0 Å². The van der Waals surface area contributed by atoms with Gasteiger partial charge in [0.05, 0.1) is 5.69 Å². The number of rotatable bonds is 2. The normalized spacial score (nSPS) is 12.5. The molecule has 1 aliphatic rings. The maximum Gasteiger partial charge on any atom is 0.231 e. The molecule has 1 aromatic heterocycles. The minimum atomic E-state index is 0.282. The molecule has 0 radical (unpaired) electrons. The van der Waals surface area contributed by atoms with Crippen molar-refractivity contribution in [2.75, 3.05) is 19.2 Å². The second-order valence-corrected chi connectivity index (χ2v) is 3.61. The van der Waals surface area contributed by atoms with E-state index in [1.807, 2.05) is 31.3 Å². The monoisotopic (exact) mass is 229 g/mol. The largest absolute Gasteiger partial charge is 0.454 e. The molecule has 0 unspecified atom stereocenters. The Morgan fingerprint density at radius 1 is 1.12 bits per heavy atom. The first-order valence-corrected chi connectivity index (χ1v) is 5.26. The van der Waals surface area contributed by atoms with Gasteiger partial charge in [0.1, 0.15) is 12.1 Å². The van der Waals surface area contributed by atoms with Crippen LogP contribution in [-0.4, -0.2) is 23.8 Å². The molecule has 3 rings (SSSR count). The van der Waals surface area contributed by atoms with Gasteiger partial charge in [-0.15, -0.1) is 0 Å². The topological polar surface area (TPSA) is 56.3 Å². The van der Waals surface area contributed by atoms with Crippen LogP contribution in [0, 0.1) is 0 Å². The van der Waals surface area contributed by atoms with Gasteiger partial charge in [-0.2, -0.15) is 0 Å². The smallest absolute Gasteiger partial charge is 0.231 e. The van der Waals surface area contributed by atoms with E-state index in [4.69, 9.17) is 9.47 Å². The molecule has 0 spiro atoms. The van der Waals surface area contributed by atoms with Gasteiger partial charge in [-0.05, 0) is 18.2 Å². The van der Waals surface area contributed by atoms with E-state index < -0.39 is 0 Å². The Labute approximate surface area is 98.4 Å². The van der Waals surface area contributed by atoms with Gasteiger partial charge in [0.25, 0.3) is 0 Å². The van der Waals surface area contributed by atoms with Gasteiger partial charge in [0.15, 0.2) is 11.5 Å². The quantitative estimate of drug-likeness (QED) is 0.852. The Balaban J connectivity index is 2.03. The van der Waals surface area contributed by atoms with Gasteiger partial charge in [0.2, 0.25) is 6.79 Å². The van der Waals surface area contributed by atoms with Crippen molar-refractivity contribution in [3.05, 3.63) is 30.6 Å². The SMILES string of the molecule is CNc1cc(-c2ccc3c(c2)OCO3)ncn1. The van der Waals surface area contributed by atoms with Crippen LogP contribution in [0.1, 0.15) is 0 Å². The number of ether oxygens (including phenoxy) is 2. The lowest BCUT2D eigenvalue weighted by Crippen LogP contribution is -1.94. The number of benzene rings is 1. The second-order valence-electron chi connectivity index (χ2n) is 3.61. The number of hydrogen-bond donors (Lipinski definition) is 1. The van der Waals surface area contributed by atoms with Gasteiger partial charge in [-0.3, -0.25) is 0 Å². The van der Waals surface area contributed by atoms with E-state index in [-0.39, 0.29) is 6.79 Å². The zero-order chi connectivity index (χ0) is 11.7. The highest BCUT2D eigenvalue weighted by Gasteiger charge is 2.14. The van der Waals surface area contributed by atoms with Crippen molar-refractivity contribution in [2.24, 2.45) is 0 Å². The molecule has 5 heteroatoms. The predicted octanol–water partition coefficient (Wildman–Crippen LogP) is 1.91. The summed E-state index contributed by atoms with van der Waals surface area (Å²) < 4.78 is 10.6. The number of fused-ring (bicyclic) bond motifs is 1. The average molecular weight is 229 g/mol. The van der Waals surface area contributed by atoms with Crippen molar-refractivity contribution in [1.29, 1.82) is 0 Å². The molecule has 2 aromatic rings. The lowest BCUT2D eigenvalue weighted by molar-refractivity contribution is 0.174. The molecule has 0 saturated carbocycles. The van der Waals surface area contributed by atoms with Gasteiger partial charge in [-0.1, -0.05) is 0 Å². The van der Waals surface area contributed by atoms with E-state index in [9.17, 15) is 0 Å². The lowest BCUT2D eigenvalue weighted by Gasteiger charge is -2.04. The predicted molar refractivity (Wildman–Crippen MR) is 63.1 cm³/mol. The molecule has 0 fully saturated rings. The van der Waals surface area contributed by atoms with E-state index in [0.717, 1.165) is 28.6 Å². The van der Waals surface area contributed by atoms with E-state index in [0.29, 0.717) is 0 Å². The third kappa shape index (κ3) is 1.75. The summed E-state index contributed by atoms with van der Waals surface area (Å²) in [6.07, 6.45) is 1.53. The fraction of sp³-hybridized carbons (Fsp3) is 0.167. The van der Waals surface area contributed by atoms with Crippen molar-refractivity contribution in [3.8, 4) is 22.8 Å². The third-order valence-corrected chi connectivity index (χ3v) is 2.59. The molecule has 0 aliphatic carbocycles. The van der Waals surface area contributed by atoms with Gasteiger partial charge >= 0.3 is 0 Å². The molecule has 0 atom stereocenters. The Hall–Kier alpha value is -2.30.